The first-order chi connectivity index (χ1) is 14.6. The molecule has 3 heterocycles. The topological polar surface area (TPSA) is 50.2 Å². The number of hydrogen-bond donors (Lipinski definition) is 1. The van der Waals surface area contributed by atoms with Crippen molar-refractivity contribution in [2.45, 2.75) is 45.1 Å². The van der Waals surface area contributed by atoms with Crippen LogP contribution in [-0.2, 0) is 7.05 Å². The van der Waals surface area contributed by atoms with Gasteiger partial charge in [-0.25, -0.2) is 4.39 Å². The second-order valence-electron chi connectivity index (χ2n) is 7.98. The van der Waals surface area contributed by atoms with Crippen LogP contribution in [0.1, 0.15) is 48.7 Å². The highest BCUT2D eigenvalue weighted by Gasteiger charge is 2.21. The Hall–Kier alpha value is -2.25. The lowest BCUT2D eigenvalue weighted by molar-refractivity contribution is 0.0951. The zero-order chi connectivity index (χ0) is 21.1. The van der Waals surface area contributed by atoms with Crippen molar-refractivity contribution in [1.29, 1.82) is 0 Å². The minimum absolute atomic E-state index is 0.0682. The van der Waals surface area contributed by atoms with Crippen LogP contribution in [0.4, 0.5) is 4.39 Å². The fraction of sp³-hybridized carbons (Fsp3) is 0.478. The van der Waals surface area contributed by atoms with E-state index in [1.807, 2.05) is 13.1 Å². The number of aryl methyl sites for hydroxylation is 1. The van der Waals surface area contributed by atoms with E-state index in [9.17, 15) is 9.18 Å². The summed E-state index contributed by atoms with van der Waals surface area (Å²) in [5, 5.41) is 8.34. The average molecular weight is 429 g/mol. The van der Waals surface area contributed by atoms with Gasteiger partial charge in [-0.2, -0.15) is 5.10 Å². The summed E-state index contributed by atoms with van der Waals surface area (Å²) in [4.78, 5) is 16.8. The molecule has 0 spiro atoms. The third-order valence-electron chi connectivity index (χ3n) is 5.99. The van der Waals surface area contributed by atoms with Gasteiger partial charge in [-0.15, -0.1) is 11.3 Å². The van der Waals surface area contributed by atoms with Crippen molar-refractivity contribution >= 4 is 27.5 Å². The summed E-state index contributed by atoms with van der Waals surface area (Å²) in [5.41, 5.74) is 1.04. The predicted octanol–water partition coefficient (Wildman–Crippen LogP) is 4.83. The molecule has 1 amide bonds. The Labute approximate surface area is 180 Å². The third kappa shape index (κ3) is 4.27. The van der Waals surface area contributed by atoms with Crippen LogP contribution in [0.5, 0.6) is 0 Å². The lowest BCUT2D eigenvalue weighted by Gasteiger charge is -2.35. The molecule has 30 heavy (non-hydrogen) atoms. The maximum absolute atomic E-state index is 14.3. The SMILES string of the molecule is CC[C@@H]1CCCCN1CCCNC(=O)c1cc2c(-c3ccccc3F)nn(C)c2s1. The molecule has 1 aliphatic rings. The van der Waals surface area contributed by atoms with E-state index in [2.05, 4.69) is 22.2 Å². The molecule has 1 atom stereocenters. The monoisotopic (exact) mass is 428 g/mol. The number of fused-ring (bicyclic) bond motifs is 1. The largest absolute Gasteiger partial charge is 0.351 e. The Morgan fingerprint density at radius 3 is 2.97 bits per heavy atom. The van der Waals surface area contributed by atoms with Gasteiger partial charge in [0.2, 0.25) is 0 Å². The summed E-state index contributed by atoms with van der Waals surface area (Å²) >= 11 is 1.40. The zero-order valence-electron chi connectivity index (χ0n) is 17.7. The van der Waals surface area contributed by atoms with Crippen LogP contribution in [0.3, 0.4) is 0 Å². The van der Waals surface area contributed by atoms with E-state index in [-0.39, 0.29) is 11.7 Å². The van der Waals surface area contributed by atoms with Gasteiger partial charge >= 0.3 is 0 Å². The number of nitrogens with zero attached hydrogens (tertiary/aromatic N) is 3. The second-order valence-corrected chi connectivity index (χ2v) is 9.02. The fourth-order valence-electron chi connectivity index (χ4n) is 4.39. The van der Waals surface area contributed by atoms with Gasteiger partial charge in [0.25, 0.3) is 5.91 Å². The minimum atomic E-state index is -0.308. The Morgan fingerprint density at radius 1 is 1.33 bits per heavy atom. The summed E-state index contributed by atoms with van der Waals surface area (Å²) in [6.07, 6.45) is 6.06. The summed E-state index contributed by atoms with van der Waals surface area (Å²) in [5.74, 6) is -0.376. The number of rotatable bonds is 7. The first-order valence-electron chi connectivity index (χ1n) is 10.8. The van der Waals surface area contributed by atoms with Crippen LogP contribution in [0.2, 0.25) is 0 Å². The molecular weight excluding hydrogens is 399 g/mol. The van der Waals surface area contributed by atoms with E-state index >= 15 is 0 Å². The Bertz CT molecular complexity index is 1030. The molecule has 3 aromatic rings. The molecule has 1 saturated heterocycles. The van der Waals surface area contributed by atoms with Crippen molar-refractivity contribution < 1.29 is 9.18 Å². The van der Waals surface area contributed by atoms with Crippen molar-refractivity contribution in [3.8, 4) is 11.3 Å². The predicted molar refractivity (Wildman–Crippen MR) is 120 cm³/mol. The lowest BCUT2D eigenvalue weighted by Crippen LogP contribution is -2.40. The van der Waals surface area contributed by atoms with E-state index in [0.29, 0.717) is 28.7 Å². The van der Waals surface area contributed by atoms with Crippen LogP contribution in [0.15, 0.2) is 30.3 Å². The molecule has 0 saturated carbocycles. The van der Waals surface area contributed by atoms with Gasteiger partial charge in [0.05, 0.1) is 4.88 Å². The van der Waals surface area contributed by atoms with Crippen molar-refractivity contribution in [3.05, 3.63) is 41.0 Å². The summed E-state index contributed by atoms with van der Waals surface area (Å²) < 4.78 is 16.0. The number of thiophene rings is 1. The number of likely N-dealkylation sites (tertiary alicyclic amines) is 1. The van der Waals surface area contributed by atoms with E-state index in [1.54, 1.807) is 22.9 Å². The van der Waals surface area contributed by atoms with Gasteiger partial charge in [0, 0.05) is 37.1 Å². The summed E-state index contributed by atoms with van der Waals surface area (Å²) in [6, 6.07) is 9.14. The molecule has 1 N–H and O–H groups in total. The van der Waals surface area contributed by atoms with E-state index in [1.165, 1.54) is 49.6 Å². The Balaban J connectivity index is 1.40. The second kappa shape index (κ2) is 9.27. The molecule has 0 aliphatic carbocycles. The molecule has 1 aromatic carbocycles. The molecule has 0 bridgehead atoms. The van der Waals surface area contributed by atoms with Crippen molar-refractivity contribution in [2.75, 3.05) is 19.6 Å². The highest BCUT2D eigenvalue weighted by molar-refractivity contribution is 7.20. The number of nitrogens with one attached hydrogen (secondary N) is 1. The number of aromatic nitrogens is 2. The highest BCUT2D eigenvalue weighted by Crippen LogP contribution is 2.34. The summed E-state index contributed by atoms with van der Waals surface area (Å²) in [6.45, 7) is 5.14. The molecule has 0 radical (unpaired) electrons. The smallest absolute Gasteiger partial charge is 0.261 e. The first kappa shape index (κ1) is 21.0. The molecule has 1 fully saturated rings. The number of halogens is 1. The van der Waals surface area contributed by atoms with Gasteiger partial charge < -0.3 is 10.2 Å². The quantitative estimate of drug-likeness (QED) is 0.549. The van der Waals surface area contributed by atoms with Crippen LogP contribution in [-0.4, -0.2) is 46.3 Å². The van der Waals surface area contributed by atoms with Gasteiger partial charge in [-0.1, -0.05) is 25.5 Å². The third-order valence-corrected chi connectivity index (χ3v) is 7.19. The highest BCUT2D eigenvalue weighted by atomic mass is 32.1. The molecular formula is C23H29FN4OS. The van der Waals surface area contributed by atoms with Gasteiger partial charge in [-0.05, 0) is 50.4 Å². The molecule has 1 aliphatic heterocycles. The maximum atomic E-state index is 14.3. The van der Waals surface area contributed by atoms with Gasteiger partial charge in [0.1, 0.15) is 16.3 Å². The van der Waals surface area contributed by atoms with Crippen LogP contribution >= 0.6 is 11.3 Å². The number of hydrogen-bond acceptors (Lipinski definition) is 4. The van der Waals surface area contributed by atoms with E-state index < -0.39 is 0 Å². The van der Waals surface area contributed by atoms with E-state index in [0.717, 1.165) is 23.2 Å². The normalized spacial score (nSPS) is 17.5. The molecule has 2 aromatic heterocycles. The molecule has 5 nitrogen and oxygen atoms in total. The minimum Gasteiger partial charge on any atom is -0.351 e. The van der Waals surface area contributed by atoms with E-state index in [4.69, 9.17) is 0 Å². The van der Waals surface area contributed by atoms with Gasteiger partial charge in [-0.3, -0.25) is 9.48 Å². The standard InChI is InChI=1S/C23H29FN4OS/c1-3-16-9-6-7-13-28(16)14-8-12-25-22(29)20-15-18-21(26-27(2)23(18)30-20)17-10-4-5-11-19(17)24/h4-5,10-11,15-16H,3,6-9,12-14H2,1-2H3,(H,25,29)/t16-/m1/s1. The number of piperidine rings is 1. The first-order valence-corrected chi connectivity index (χ1v) is 11.6. The number of benzene rings is 1. The van der Waals surface area contributed by atoms with Crippen molar-refractivity contribution in [3.63, 3.8) is 0 Å². The Morgan fingerprint density at radius 2 is 2.17 bits per heavy atom. The zero-order valence-corrected chi connectivity index (χ0v) is 18.5. The fourth-order valence-corrected chi connectivity index (χ4v) is 5.38. The van der Waals surface area contributed by atoms with Crippen LogP contribution in [0, 0.1) is 5.82 Å². The Kier molecular flexibility index (Phi) is 6.49. The molecule has 160 valence electrons. The summed E-state index contributed by atoms with van der Waals surface area (Å²) in [7, 11) is 1.83. The lowest BCUT2D eigenvalue weighted by atomic mass is 10.00. The van der Waals surface area contributed by atoms with Gasteiger partial charge in [0.15, 0.2) is 0 Å². The van der Waals surface area contributed by atoms with Crippen LogP contribution < -0.4 is 5.32 Å². The van der Waals surface area contributed by atoms with Crippen molar-refractivity contribution in [1.82, 2.24) is 20.0 Å². The number of carbonyl (C=O) groups excluding carboxylic acids is 1. The molecule has 0 unspecified atom stereocenters. The van der Waals surface area contributed by atoms with Crippen molar-refractivity contribution in [2.24, 2.45) is 7.05 Å². The van der Waals surface area contributed by atoms with Crippen LogP contribution in [0.25, 0.3) is 21.5 Å². The molecule has 7 heteroatoms. The average Bonchev–Trinajstić information content (AvgIpc) is 3.32. The maximum Gasteiger partial charge on any atom is 0.261 e. The number of amides is 1. The number of carbonyl (C=O) groups is 1. The molecule has 4 rings (SSSR count).